The molecule has 1 aromatic carbocycles. The van der Waals surface area contributed by atoms with Crippen LogP contribution in [0.4, 0.5) is 4.79 Å². The number of benzene rings is 1. The summed E-state index contributed by atoms with van der Waals surface area (Å²) in [5.74, 6) is 0.0210. The highest BCUT2D eigenvalue weighted by Crippen LogP contribution is 2.32. The van der Waals surface area contributed by atoms with Crippen molar-refractivity contribution in [3.63, 3.8) is 0 Å². The molecular weight excluding hydrogens is 282 g/mol. The van der Waals surface area contributed by atoms with Crippen molar-refractivity contribution < 1.29 is 14.3 Å². The average Bonchev–Trinajstić information content (AvgIpc) is 2.54. The molecule has 6 heteroatoms. The van der Waals surface area contributed by atoms with Crippen molar-refractivity contribution in [1.82, 2.24) is 15.1 Å². The molecule has 2 heterocycles. The minimum absolute atomic E-state index is 0.0210. The number of amides is 3. The Hall–Kier alpha value is -2.08. The highest BCUT2D eigenvalue weighted by Gasteiger charge is 2.38. The van der Waals surface area contributed by atoms with Crippen LogP contribution in [0.15, 0.2) is 24.3 Å². The summed E-state index contributed by atoms with van der Waals surface area (Å²) in [5.41, 5.74) is 2.44. The summed E-state index contributed by atoms with van der Waals surface area (Å²) in [6.45, 7) is 2.34. The van der Waals surface area contributed by atoms with E-state index in [1.54, 1.807) is 12.0 Å². The van der Waals surface area contributed by atoms with E-state index in [-0.39, 0.29) is 24.5 Å². The zero-order chi connectivity index (χ0) is 15.5. The molecule has 1 atom stereocenters. The van der Waals surface area contributed by atoms with Gasteiger partial charge in [-0.05, 0) is 17.5 Å². The van der Waals surface area contributed by atoms with E-state index in [1.807, 2.05) is 17.0 Å². The van der Waals surface area contributed by atoms with Crippen molar-refractivity contribution in [2.24, 2.45) is 0 Å². The van der Waals surface area contributed by atoms with Gasteiger partial charge in [0.25, 0.3) is 0 Å². The van der Waals surface area contributed by atoms with Gasteiger partial charge in [0.1, 0.15) is 6.54 Å². The molecule has 0 saturated carbocycles. The van der Waals surface area contributed by atoms with E-state index in [0.29, 0.717) is 19.7 Å². The smallest absolute Gasteiger partial charge is 0.318 e. The minimum atomic E-state index is -0.201. The number of nitrogens with zero attached hydrogens (tertiary/aromatic N) is 2. The molecule has 3 rings (SSSR count). The van der Waals surface area contributed by atoms with Crippen molar-refractivity contribution in [2.45, 2.75) is 12.5 Å². The zero-order valence-electron chi connectivity index (χ0n) is 12.7. The van der Waals surface area contributed by atoms with Crippen LogP contribution in [0.5, 0.6) is 0 Å². The van der Waals surface area contributed by atoms with Gasteiger partial charge in [-0.3, -0.25) is 4.79 Å². The Kier molecular flexibility index (Phi) is 4.29. The third kappa shape index (κ3) is 2.78. The third-order valence-electron chi connectivity index (χ3n) is 4.32. The van der Waals surface area contributed by atoms with Crippen LogP contribution in [0.3, 0.4) is 0 Å². The van der Waals surface area contributed by atoms with E-state index in [0.717, 1.165) is 18.5 Å². The summed E-state index contributed by atoms with van der Waals surface area (Å²) in [7, 11) is 1.59. The SMILES string of the molecule is COCCNC(=O)N1CC(=O)N2CCc3ccccc3C2C1. The predicted molar refractivity (Wildman–Crippen MR) is 81.4 cm³/mol. The van der Waals surface area contributed by atoms with Gasteiger partial charge in [-0.15, -0.1) is 0 Å². The number of rotatable bonds is 3. The maximum absolute atomic E-state index is 12.4. The van der Waals surface area contributed by atoms with Gasteiger partial charge in [0.05, 0.1) is 12.6 Å². The molecule has 118 valence electrons. The molecule has 1 fully saturated rings. The van der Waals surface area contributed by atoms with Gasteiger partial charge in [-0.25, -0.2) is 4.79 Å². The lowest BCUT2D eigenvalue weighted by Crippen LogP contribution is -2.57. The topological polar surface area (TPSA) is 61.9 Å². The number of piperazine rings is 1. The number of hydrogen-bond acceptors (Lipinski definition) is 3. The van der Waals surface area contributed by atoms with Crippen LogP contribution in [0.2, 0.25) is 0 Å². The Balaban J connectivity index is 1.75. The molecule has 0 radical (unpaired) electrons. The molecule has 1 N–H and O–H groups in total. The first-order valence-corrected chi connectivity index (χ1v) is 7.59. The second-order valence-corrected chi connectivity index (χ2v) is 5.66. The number of carbonyl (C=O) groups excluding carboxylic acids is 2. The van der Waals surface area contributed by atoms with Gasteiger partial charge in [0.15, 0.2) is 0 Å². The minimum Gasteiger partial charge on any atom is -0.383 e. The average molecular weight is 303 g/mol. The molecule has 0 bridgehead atoms. The zero-order valence-corrected chi connectivity index (χ0v) is 12.7. The second kappa shape index (κ2) is 6.36. The lowest BCUT2D eigenvalue weighted by molar-refractivity contribution is -0.139. The van der Waals surface area contributed by atoms with E-state index in [9.17, 15) is 9.59 Å². The molecule has 0 aliphatic carbocycles. The lowest BCUT2D eigenvalue weighted by Gasteiger charge is -2.44. The van der Waals surface area contributed by atoms with Gasteiger partial charge in [-0.1, -0.05) is 24.3 Å². The predicted octanol–water partition coefficient (Wildman–Crippen LogP) is 0.784. The summed E-state index contributed by atoms with van der Waals surface area (Å²) in [5, 5.41) is 2.78. The van der Waals surface area contributed by atoms with Gasteiger partial charge in [-0.2, -0.15) is 0 Å². The molecule has 1 saturated heterocycles. The molecule has 2 aliphatic rings. The van der Waals surface area contributed by atoms with Crippen LogP contribution in [-0.2, 0) is 16.0 Å². The monoisotopic (exact) mass is 303 g/mol. The highest BCUT2D eigenvalue weighted by molar-refractivity contribution is 5.86. The van der Waals surface area contributed by atoms with Gasteiger partial charge < -0.3 is 19.9 Å². The normalized spacial score (nSPS) is 20.4. The fourth-order valence-electron chi connectivity index (χ4n) is 3.20. The Labute approximate surface area is 130 Å². The largest absolute Gasteiger partial charge is 0.383 e. The quantitative estimate of drug-likeness (QED) is 0.840. The van der Waals surface area contributed by atoms with E-state index in [1.165, 1.54) is 5.56 Å². The Morgan fingerprint density at radius 2 is 2.23 bits per heavy atom. The van der Waals surface area contributed by atoms with Crippen LogP contribution < -0.4 is 5.32 Å². The van der Waals surface area contributed by atoms with Crippen LogP contribution >= 0.6 is 0 Å². The van der Waals surface area contributed by atoms with Gasteiger partial charge >= 0.3 is 6.03 Å². The van der Waals surface area contributed by atoms with Crippen LogP contribution in [-0.4, -0.2) is 61.6 Å². The highest BCUT2D eigenvalue weighted by atomic mass is 16.5. The fourth-order valence-corrected chi connectivity index (χ4v) is 3.20. The number of urea groups is 1. The number of nitrogens with one attached hydrogen (secondary N) is 1. The summed E-state index contributed by atoms with van der Waals surface area (Å²) in [6.07, 6.45) is 0.887. The molecule has 1 aromatic rings. The van der Waals surface area contributed by atoms with Crippen LogP contribution in [0.25, 0.3) is 0 Å². The van der Waals surface area contributed by atoms with Crippen molar-refractivity contribution in [1.29, 1.82) is 0 Å². The van der Waals surface area contributed by atoms with Crippen LogP contribution in [0, 0.1) is 0 Å². The summed E-state index contributed by atoms with van der Waals surface area (Å²) in [4.78, 5) is 28.1. The maximum atomic E-state index is 12.4. The van der Waals surface area contributed by atoms with Crippen molar-refractivity contribution in [2.75, 3.05) is 39.9 Å². The van der Waals surface area contributed by atoms with E-state index < -0.39 is 0 Å². The molecule has 0 aromatic heterocycles. The van der Waals surface area contributed by atoms with Gasteiger partial charge in [0, 0.05) is 26.7 Å². The number of methoxy groups -OCH3 is 1. The summed E-state index contributed by atoms with van der Waals surface area (Å²) in [6, 6.07) is 7.95. The summed E-state index contributed by atoms with van der Waals surface area (Å²) < 4.78 is 4.92. The molecule has 0 spiro atoms. The fraction of sp³-hybridized carbons (Fsp3) is 0.500. The van der Waals surface area contributed by atoms with Gasteiger partial charge in [0.2, 0.25) is 5.91 Å². The van der Waals surface area contributed by atoms with Crippen molar-refractivity contribution in [3.05, 3.63) is 35.4 Å². The summed E-state index contributed by atoms with van der Waals surface area (Å²) >= 11 is 0. The Morgan fingerprint density at radius 3 is 3.05 bits per heavy atom. The first-order valence-electron chi connectivity index (χ1n) is 7.59. The molecule has 1 unspecified atom stereocenters. The molecule has 22 heavy (non-hydrogen) atoms. The van der Waals surface area contributed by atoms with Crippen molar-refractivity contribution >= 4 is 11.9 Å². The molecule has 6 nitrogen and oxygen atoms in total. The number of carbonyl (C=O) groups is 2. The number of ether oxygens (including phenoxy) is 1. The Morgan fingerprint density at radius 1 is 1.41 bits per heavy atom. The molecular formula is C16H21N3O3. The Bertz CT molecular complexity index is 576. The second-order valence-electron chi connectivity index (χ2n) is 5.66. The first kappa shape index (κ1) is 14.8. The third-order valence-corrected chi connectivity index (χ3v) is 4.32. The first-order chi connectivity index (χ1) is 10.7. The molecule has 2 aliphatic heterocycles. The van der Waals surface area contributed by atoms with E-state index >= 15 is 0 Å². The number of fused-ring (bicyclic) bond motifs is 3. The standard InChI is InChI=1S/C16H21N3O3/c1-22-9-7-17-16(21)18-10-14-13-5-3-2-4-12(13)6-8-19(14)15(20)11-18/h2-5,14H,6-11H2,1H3,(H,17,21). The maximum Gasteiger partial charge on any atom is 0.318 e. The van der Waals surface area contributed by atoms with E-state index in [2.05, 4.69) is 17.4 Å². The van der Waals surface area contributed by atoms with E-state index in [4.69, 9.17) is 4.74 Å². The molecule has 3 amide bonds. The van der Waals surface area contributed by atoms with Crippen molar-refractivity contribution in [3.8, 4) is 0 Å². The van der Waals surface area contributed by atoms with Crippen LogP contribution in [0.1, 0.15) is 17.2 Å². The lowest BCUT2D eigenvalue weighted by atomic mass is 9.91. The number of hydrogen-bond donors (Lipinski definition) is 1.